The van der Waals surface area contributed by atoms with Crippen LogP contribution >= 0.6 is 23.1 Å². The van der Waals surface area contributed by atoms with E-state index in [2.05, 4.69) is 8.75 Å². The largest absolute Gasteiger partial charge is 0.245 e. The molecule has 9 heteroatoms. The van der Waals surface area contributed by atoms with Gasteiger partial charge in [0.05, 0.1) is 24.0 Å². The first-order valence-electron chi connectivity index (χ1n) is 8.38. The van der Waals surface area contributed by atoms with Crippen molar-refractivity contribution in [2.24, 2.45) is 0 Å². The van der Waals surface area contributed by atoms with Crippen LogP contribution in [0.1, 0.15) is 10.6 Å². The molecule has 27 heavy (non-hydrogen) atoms. The maximum Gasteiger partial charge on any atom is 0.245 e. The molecule has 3 heterocycles. The third-order valence-electron chi connectivity index (χ3n) is 4.58. The van der Waals surface area contributed by atoms with Crippen LogP contribution in [0.5, 0.6) is 0 Å². The van der Waals surface area contributed by atoms with Gasteiger partial charge in [-0.2, -0.15) is 13.1 Å². The first-order chi connectivity index (χ1) is 13.1. The summed E-state index contributed by atoms with van der Waals surface area (Å²) in [7, 11) is -3.64. The van der Waals surface area contributed by atoms with Gasteiger partial charge in [-0.25, -0.2) is 13.4 Å². The van der Waals surface area contributed by atoms with Crippen molar-refractivity contribution < 1.29 is 8.42 Å². The molecular weight excluding hydrogens is 400 g/mol. The van der Waals surface area contributed by atoms with E-state index in [-0.39, 0.29) is 4.90 Å². The van der Waals surface area contributed by atoms with E-state index in [9.17, 15) is 8.42 Å². The summed E-state index contributed by atoms with van der Waals surface area (Å²) in [6.07, 6.45) is 0.614. The number of benzene rings is 2. The van der Waals surface area contributed by atoms with Crippen LogP contribution in [0.15, 0.2) is 53.4 Å². The summed E-state index contributed by atoms with van der Waals surface area (Å²) < 4.78 is 36.3. The Morgan fingerprint density at radius 1 is 1.00 bits per heavy atom. The van der Waals surface area contributed by atoms with E-state index in [0.717, 1.165) is 32.9 Å². The van der Waals surface area contributed by atoms with Crippen LogP contribution in [0.2, 0.25) is 0 Å². The summed E-state index contributed by atoms with van der Waals surface area (Å²) in [5, 5.41) is 0.936. The van der Waals surface area contributed by atoms with Gasteiger partial charge in [0.2, 0.25) is 10.0 Å². The molecule has 0 unspecified atom stereocenters. The number of fused-ring (bicyclic) bond motifs is 2. The van der Waals surface area contributed by atoms with E-state index >= 15 is 0 Å². The van der Waals surface area contributed by atoms with Crippen LogP contribution in [0.3, 0.4) is 0 Å². The quantitative estimate of drug-likeness (QED) is 0.512. The van der Waals surface area contributed by atoms with Crippen LogP contribution in [0.25, 0.3) is 21.6 Å². The van der Waals surface area contributed by atoms with Crippen molar-refractivity contribution in [1.29, 1.82) is 0 Å². The zero-order chi connectivity index (χ0) is 18.4. The van der Waals surface area contributed by atoms with Gasteiger partial charge < -0.3 is 0 Å². The molecule has 2 aromatic heterocycles. The summed E-state index contributed by atoms with van der Waals surface area (Å²) in [5.74, 6) is 0. The van der Waals surface area contributed by atoms with Crippen LogP contribution in [0, 0.1) is 0 Å². The molecule has 0 amide bonds. The van der Waals surface area contributed by atoms with Gasteiger partial charge in [0.25, 0.3) is 0 Å². The van der Waals surface area contributed by atoms with E-state index in [1.807, 2.05) is 30.3 Å². The van der Waals surface area contributed by atoms with Crippen molar-refractivity contribution in [2.75, 3.05) is 6.54 Å². The second-order valence-electron chi connectivity index (χ2n) is 6.23. The molecule has 0 spiro atoms. The molecule has 1 aliphatic heterocycles. The van der Waals surface area contributed by atoms with Crippen molar-refractivity contribution in [3.63, 3.8) is 0 Å². The number of nitrogens with zero attached hydrogens (tertiary/aromatic N) is 4. The van der Waals surface area contributed by atoms with Crippen LogP contribution in [-0.4, -0.2) is 33.0 Å². The first-order valence-corrected chi connectivity index (χ1v) is 11.4. The number of thiazole rings is 1. The van der Waals surface area contributed by atoms with E-state index in [0.29, 0.717) is 30.5 Å². The average Bonchev–Trinajstić information content (AvgIpc) is 3.34. The molecule has 5 rings (SSSR count). The molecule has 0 N–H and O–H groups in total. The molecule has 6 nitrogen and oxygen atoms in total. The minimum Gasteiger partial charge on any atom is -0.241 e. The monoisotopic (exact) mass is 414 g/mol. The Bertz CT molecular complexity index is 1230. The number of hydrogen-bond donors (Lipinski definition) is 0. The standard InChI is InChI=1S/C18H14N4O2S3/c23-27(24,16-8-4-7-14-17(16)21-26-20-14)22-10-9-13-15(11-22)25-18(19-13)12-5-2-1-3-6-12/h1-8H,9-11H2. The molecule has 0 saturated heterocycles. The average molecular weight is 415 g/mol. The Morgan fingerprint density at radius 3 is 2.70 bits per heavy atom. The summed E-state index contributed by atoms with van der Waals surface area (Å²) in [6.45, 7) is 0.761. The van der Waals surface area contributed by atoms with Crippen LogP contribution in [0.4, 0.5) is 0 Å². The van der Waals surface area contributed by atoms with Crippen molar-refractivity contribution >= 4 is 44.1 Å². The Morgan fingerprint density at radius 2 is 1.85 bits per heavy atom. The lowest BCUT2D eigenvalue weighted by Crippen LogP contribution is -2.35. The predicted molar refractivity (Wildman–Crippen MR) is 106 cm³/mol. The molecular formula is C18H14N4O2S3. The molecule has 0 fully saturated rings. The number of aromatic nitrogens is 3. The van der Waals surface area contributed by atoms with Crippen molar-refractivity contribution in [2.45, 2.75) is 17.9 Å². The molecule has 0 saturated carbocycles. The van der Waals surface area contributed by atoms with Crippen molar-refractivity contribution in [3.05, 3.63) is 59.1 Å². The molecule has 1 aliphatic rings. The third-order valence-corrected chi connectivity index (χ3v) is 8.13. The maximum atomic E-state index is 13.2. The number of sulfonamides is 1. The SMILES string of the molecule is O=S(=O)(c1cccc2nsnc12)N1CCc2nc(-c3ccccc3)sc2C1. The van der Waals surface area contributed by atoms with E-state index < -0.39 is 10.0 Å². The summed E-state index contributed by atoms with van der Waals surface area (Å²) in [5.41, 5.74) is 3.12. The summed E-state index contributed by atoms with van der Waals surface area (Å²) >= 11 is 2.59. The zero-order valence-corrected chi connectivity index (χ0v) is 16.5. The smallest absolute Gasteiger partial charge is 0.241 e. The topological polar surface area (TPSA) is 76.1 Å². The highest BCUT2D eigenvalue weighted by molar-refractivity contribution is 7.89. The highest BCUT2D eigenvalue weighted by Gasteiger charge is 2.32. The van der Waals surface area contributed by atoms with Gasteiger partial charge in [-0.05, 0) is 12.1 Å². The van der Waals surface area contributed by atoms with E-state index in [4.69, 9.17) is 4.98 Å². The highest BCUT2D eigenvalue weighted by Crippen LogP contribution is 2.34. The van der Waals surface area contributed by atoms with Gasteiger partial charge in [-0.3, -0.25) is 0 Å². The molecule has 2 aromatic carbocycles. The summed E-state index contributed by atoms with van der Waals surface area (Å²) in [4.78, 5) is 5.96. The highest BCUT2D eigenvalue weighted by atomic mass is 32.2. The first kappa shape index (κ1) is 16.9. The van der Waals surface area contributed by atoms with E-state index in [1.54, 1.807) is 29.5 Å². The molecule has 0 aliphatic carbocycles. The normalized spacial score (nSPS) is 15.1. The maximum absolute atomic E-state index is 13.2. The van der Waals surface area contributed by atoms with Gasteiger partial charge in [0.1, 0.15) is 20.9 Å². The zero-order valence-electron chi connectivity index (χ0n) is 14.1. The van der Waals surface area contributed by atoms with Gasteiger partial charge >= 0.3 is 0 Å². The van der Waals surface area contributed by atoms with Crippen molar-refractivity contribution in [3.8, 4) is 10.6 Å². The summed E-state index contributed by atoms with van der Waals surface area (Å²) in [6, 6.07) is 15.1. The predicted octanol–water partition coefficient (Wildman–Crippen LogP) is 3.56. The molecule has 0 radical (unpaired) electrons. The molecule has 136 valence electrons. The number of hydrogen-bond acceptors (Lipinski definition) is 7. The molecule has 0 bridgehead atoms. The fourth-order valence-electron chi connectivity index (χ4n) is 3.21. The minimum atomic E-state index is -3.64. The number of rotatable bonds is 3. The lowest BCUT2D eigenvalue weighted by molar-refractivity contribution is 0.393. The second-order valence-corrected chi connectivity index (χ2v) is 9.75. The fourth-order valence-corrected chi connectivity index (χ4v) is 6.58. The Kier molecular flexibility index (Phi) is 4.05. The lowest BCUT2D eigenvalue weighted by Gasteiger charge is -2.25. The Hall–Kier alpha value is -2.20. The van der Waals surface area contributed by atoms with E-state index in [1.165, 1.54) is 4.31 Å². The van der Waals surface area contributed by atoms with Gasteiger partial charge in [0, 0.05) is 23.4 Å². The van der Waals surface area contributed by atoms with Gasteiger partial charge in [-0.1, -0.05) is 36.4 Å². The van der Waals surface area contributed by atoms with Gasteiger partial charge in [0.15, 0.2) is 0 Å². The van der Waals surface area contributed by atoms with Crippen LogP contribution in [-0.2, 0) is 23.0 Å². The van der Waals surface area contributed by atoms with Crippen LogP contribution < -0.4 is 0 Å². The molecule has 4 aromatic rings. The Balaban J connectivity index is 1.50. The van der Waals surface area contributed by atoms with Crippen molar-refractivity contribution in [1.82, 2.24) is 18.0 Å². The third kappa shape index (κ3) is 2.87. The van der Waals surface area contributed by atoms with Gasteiger partial charge in [-0.15, -0.1) is 11.3 Å². The minimum absolute atomic E-state index is 0.227. The fraction of sp³-hybridized carbons (Fsp3) is 0.167. The lowest BCUT2D eigenvalue weighted by atomic mass is 10.2. The Labute approximate surface area is 164 Å². The molecule has 0 atom stereocenters. The second kappa shape index (κ2) is 6.45.